The predicted octanol–water partition coefficient (Wildman–Crippen LogP) is 7.67. The maximum Gasteiger partial charge on any atom is 0.306 e. The molecular formula is C47H57N3O9S. The molecule has 1 saturated heterocycles. The van der Waals surface area contributed by atoms with Crippen LogP contribution in [0.4, 0.5) is 0 Å². The fourth-order valence-corrected chi connectivity index (χ4v) is 9.45. The second-order valence-electron chi connectivity index (χ2n) is 17.6. The highest BCUT2D eigenvalue weighted by Crippen LogP contribution is 2.57. The minimum absolute atomic E-state index is 0.0810. The number of allylic oxidation sites excluding steroid dienone is 4. The minimum Gasteiger partial charge on any atom is -0.497 e. The fourth-order valence-electron chi connectivity index (χ4n) is 8.07. The lowest BCUT2D eigenvalue weighted by Gasteiger charge is -2.33. The fraction of sp³-hybridized carbons (Fsp3) is 0.468. The number of carbonyl (C=O) groups excluding carboxylic acids is 4. The number of aromatic nitrogens is 1. The molecule has 1 N–H and O–H groups in total. The van der Waals surface area contributed by atoms with Gasteiger partial charge in [0.05, 0.1) is 48.0 Å². The predicted molar refractivity (Wildman–Crippen MR) is 230 cm³/mol. The van der Waals surface area contributed by atoms with Crippen LogP contribution in [0.15, 0.2) is 91.2 Å². The highest BCUT2D eigenvalue weighted by Gasteiger charge is 2.61. The number of ketones is 2. The molecule has 1 aliphatic heterocycles. The normalized spacial score (nSPS) is 21.7. The standard InChI is InChI=1S/C47H57N3O9S/c1-9-33-26-47(33,45(54)49-60(55,56)37-18-19-37)27-42(52)41-24-36(28-50(41)30(4)32(15-16-34(51)21-29(2)3)22-44(53)59-46(5,6)7)58-43-25-39(31-13-11-10-12-14-31)48-40-23-35(57-8)17-20-38(40)43/h9-14,17,20-21,23,25,32-33,36-37,41H,1,4,15-16,18-19,22,24,26-28H2,2-3,5-8H3,(H,49,54)/t32-,33-,36-,41+,47-/m1/s1. The molecule has 6 rings (SSSR count). The third kappa shape index (κ3) is 10.5. The van der Waals surface area contributed by atoms with Gasteiger partial charge in [-0.2, -0.15) is 0 Å². The number of benzene rings is 2. The van der Waals surface area contributed by atoms with Gasteiger partial charge in [0.2, 0.25) is 15.9 Å². The Kier molecular flexibility index (Phi) is 13.1. The van der Waals surface area contributed by atoms with Crippen LogP contribution >= 0.6 is 0 Å². The first-order valence-electron chi connectivity index (χ1n) is 20.6. The van der Waals surface area contributed by atoms with Gasteiger partial charge in [-0.15, -0.1) is 6.58 Å². The molecule has 1 aromatic heterocycles. The van der Waals surface area contributed by atoms with Gasteiger partial charge in [-0.3, -0.25) is 23.9 Å². The maximum absolute atomic E-state index is 14.8. The van der Waals surface area contributed by atoms with E-state index >= 15 is 0 Å². The van der Waals surface area contributed by atoms with Crippen LogP contribution < -0.4 is 14.2 Å². The maximum atomic E-state index is 14.8. The molecule has 3 aromatic rings. The number of nitrogens with zero attached hydrogens (tertiary/aromatic N) is 2. The molecule has 2 heterocycles. The quantitative estimate of drug-likeness (QED) is 0.0718. The van der Waals surface area contributed by atoms with Crippen molar-refractivity contribution in [1.29, 1.82) is 0 Å². The number of methoxy groups -OCH3 is 1. The first kappa shape index (κ1) is 44.3. The number of ether oxygens (including phenoxy) is 3. The van der Waals surface area contributed by atoms with Crippen molar-refractivity contribution in [3.8, 4) is 22.8 Å². The summed E-state index contributed by atoms with van der Waals surface area (Å²) < 4.78 is 46.1. The van der Waals surface area contributed by atoms with Crippen LogP contribution in [0, 0.1) is 17.3 Å². The average Bonchev–Trinajstić information content (AvgIpc) is 4.12. The monoisotopic (exact) mass is 839 g/mol. The van der Waals surface area contributed by atoms with Gasteiger partial charge in [0, 0.05) is 54.0 Å². The summed E-state index contributed by atoms with van der Waals surface area (Å²) in [6.45, 7) is 17.5. The Hall–Kier alpha value is -5.30. The van der Waals surface area contributed by atoms with E-state index in [0.717, 1.165) is 16.5 Å². The Morgan fingerprint density at radius 1 is 1.07 bits per heavy atom. The van der Waals surface area contributed by atoms with Crippen molar-refractivity contribution >= 4 is 44.4 Å². The lowest BCUT2D eigenvalue weighted by atomic mass is 9.90. The topological polar surface area (TPSA) is 158 Å². The molecule has 12 nitrogen and oxygen atoms in total. The number of esters is 1. The van der Waals surface area contributed by atoms with E-state index in [4.69, 9.17) is 19.2 Å². The van der Waals surface area contributed by atoms with Gasteiger partial charge in [-0.1, -0.05) is 48.6 Å². The third-order valence-electron chi connectivity index (χ3n) is 11.4. The smallest absolute Gasteiger partial charge is 0.306 e. The summed E-state index contributed by atoms with van der Waals surface area (Å²) in [7, 11) is -2.28. The largest absolute Gasteiger partial charge is 0.497 e. The molecular weight excluding hydrogens is 783 g/mol. The summed E-state index contributed by atoms with van der Waals surface area (Å²) >= 11 is 0. The first-order valence-corrected chi connectivity index (χ1v) is 22.1. The lowest BCUT2D eigenvalue weighted by Crippen LogP contribution is -2.43. The van der Waals surface area contributed by atoms with Gasteiger partial charge in [0.25, 0.3) is 0 Å². The van der Waals surface area contributed by atoms with E-state index in [9.17, 15) is 27.6 Å². The van der Waals surface area contributed by atoms with Crippen LogP contribution in [0.5, 0.6) is 11.5 Å². The Balaban J connectivity index is 1.35. The first-order chi connectivity index (χ1) is 28.3. The van der Waals surface area contributed by atoms with Crippen LogP contribution in [0.25, 0.3) is 22.2 Å². The molecule has 0 bridgehead atoms. The van der Waals surface area contributed by atoms with Crippen molar-refractivity contribution in [3.05, 3.63) is 91.2 Å². The summed E-state index contributed by atoms with van der Waals surface area (Å²) in [5.41, 5.74) is 1.49. The molecule has 2 aliphatic carbocycles. The lowest BCUT2D eigenvalue weighted by molar-refractivity contribution is -0.156. The van der Waals surface area contributed by atoms with Crippen molar-refractivity contribution in [2.24, 2.45) is 17.3 Å². The highest BCUT2D eigenvalue weighted by molar-refractivity contribution is 7.90. The average molecular weight is 840 g/mol. The van der Waals surface area contributed by atoms with E-state index < -0.39 is 62.1 Å². The number of nitrogens with one attached hydrogen (secondary N) is 1. The Labute approximate surface area is 353 Å². The number of carbonyl (C=O) groups is 4. The molecule has 60 heavy (non-hydrogen) atoms. The van der Waals surface area contributed by atoms with Crippen LogP contribution in [-0.4, -0.2) is 78.4 Å². The molecule has 320 valence electrons. The Morgan fingerprint density at radius 3 is 2.40 bits per heavy atom. The number of hydrogen-bond donors (Lipinski definition) is 1. The second kappa shape index (κ2) is 17.7. The number of amides is 1. The Morgan fingerprint density at radius 2 is 1.78 bits per heavy atom. The van der Waals surface area contributed by atoms with Gasteiger partial charge >= 0.3 is 5.97 Å². The molecule has 5 atom stereocenters. The minimum atomic E-state index is -3.86. The highest BCUT2D eigenvalue weighted by atomic mass is 32.2. The van der Waals surface area contributed by atoms with Gasteiger partial charge in [-0.05, 0) is 84.4 Å². The van der Waals surface area contributed by atoms with Crippen molar-refractivity contribution < 1.29 is 41.8 Å². The van der Waals surface area contributed by atoms with E-state index in [2.05, 4.69) is 17.9 Å². The molecule has 2 aromatic carbocycles. The summed E-state index contributed by atoms with van der Waals surface area (Å²) in [4.78, 5) is 61.6. The molecule has 0 radical (unpaired) electrons. The molecule has 1 amide bonds. The summed E-state index contributed by atoms with van der Waals surface area (Å²) in [6.07, 6.45) is 4.13. The van der Waals surface area contributed by atoms with Gasteiger partial charge in [-0.25, -0.2) is 13.4 Å². The van der Waals surface area contributed by atoms with Crippen molar-refractivity contribution in [2.45, 2.75) is 109 Å². The molecule has 0 spiro atoms. The summed E-state index contributed by atoms with van der Waals surface area (Å²) in [5.74, 6) is -1.36. The SMILES string of the molecule is C=C[C@@H]1C[C@]1(CC(=O)[C@@H]1C[C@@H](Oc2cc(-c3ccccc3)nc3cc(OC)ccc23)CN1C(=C)[C@H](CCC(=O)C=C(C)C)CC(=O)OC(C)(C)C)C(=O)NS(=O)(=O)C1CC1. The number of sulfonamides is 1. The molecule has 13 heteroatoms. The van der Waals surface area contributed by atoms with Crippen molar-refractivity contribution in [3.63, 3.8) is 0 Å². The van der Waals surface area contributed by atoms with Crippen molar-refractivity contribution in [1.82, 2.24) is 14.6 Å². The number of pyridine rings is 1. The number of likely N-dealkylation sites (tertiary alicyclic amines) is 1. The van der Waals surface area contributed by atoms with Gasteiger partial charge < -0.3 is 19.1 Å². The molecule has 3 fully saturated rings. The zero-order valence-electron chi connectivity index (χ0n) is 35.5. The van der Waals surface area contributed by atoms with Crippen molar-refractivity contribution in [2.75, 3.05) is 13.7 Å². The van der Waals surface area contributed by atoms with Gasteiger partial charge in [0.1, 0.15) is 23.2 Å². The van der Waals surface area contributed by atoms with E-state index in [-0.39, 0.29) is 56.6 Å². The zero-order valence-corrected chi connectivity index (χ0v) is 36.3. The van der Waals surface area contributed by atoms with E-state index in [1.165, 1.54) is 0 Å². The van der Waals surface area contributed by atoms with E-state index in [1.54, 1.807) is 40.0 Å². The number of hydrogen-bond acceptors (Lipinski definition) is 11. The molecule has 3 aliphatic rings. The molecule has 0 unspecified atom stereocenters. The van der Waals surface area contributed by atoms with E-state index in [0.29, 0.717) is 41.2 Å². The van der Waals surface area contributed by atoms with Crippen LogP contribution in [0.1, 0.15) is 86.0 Å². The number of fused-ring (bicyclic) bond motifs is 1. The summed E-state index contributed by atoms with van der Waals surface area (Å²) in [6, 6.07) is 16.2. The van der Waals surface area contributed by atoms with Crippen LogP contribution in [-0.2, 0) is 33.9 Å². The van der Waals surface area contributed by atoms with E-state index in [1.807, 2.05) is 73.3 Å². The third-order valence-corrected chi connectivity index (χ3v) is 13.2. The van der Waals surface area contributed by atoms with Crippen LogP contribution in [0.3, 0.4) is 0 Å². The summed E-state index contributed by atoms with van der Waals surface area (Å²) in [5, 5.41) is 0.121. The zero-order chi connectivity index (χ0) is 43.6. The number of rotatable bonds is 19. The van der Waals surface area contributed by atoms with Gasteiger partial charge in [0.15, 0.2) is 11.6 Å². The molecule has 2 saturated carbocycles. The Bertz CT molecular complexity index is 2310. The second-order valence-corrected chi connectivity index (χ2v) is 19.6. The van der Waals surface area contributed by atoms with Crippen LogP contribution in [0.2, 0.25) is 0 Å². The number of Topliss-reactive ketones (excluding diaryl/α,β-unsaturated/α-hetero) is 1.